The van der Waals surface area contributed by atoms with Gasteiger partial charge >= 0.3 is 6.03 Å². The number of hydrogen-bond donors (Lipinski definition) is 9. The molecule has 4 atom stereocenters. The third-order valence-corrected chi connectivity index (χ3v) is 8.73. The first-order chi connectivity index (χ1) is 21.1. The minimum Gasteiger partial charge on any atom is -0.492 e. The van der Waals surface area contributed by atoms with Gasteiger partial charge < -0.3 is 57.9 Å². The van der Waals surface area contributed by atoms with Crippen molar-refractivity contribution in [2.24, 2.45) is 21.5 Å². The van der Waals surface area contributed by atoms with Crippen LogP contribution in [0.1, 0.15) is 36.2 Å². The second-order valence-corrected chi connectivity index (χ2v) is 12.0. The number of benzene rings is 1. The van der Waals surface area contributed by atoms with E-state index in [1.807, 2.05) is 0 Å². The Morgan fingerprint density at radius 2 is 1.93 bits per heavy atom. The summed E-state index contributed by atoms with van der Waals surface area (Å²) in [6.07, 6.45) is 1.74. The highest BCUT2D eigenvalue weighted by atomic mass is 19.1. The van der Waals surface area contributed by atoms with Crippen LogP contribution in [0.3, 0.4) is 0 Å². The van der Waals surface area contributed by atoms with Crippen molar-refractivity contribution in [2.75, 3.05) is 19.7 Å². The number of hydrogen-bond acceptors (Lipinski definition) is 12. The summed E-state index contributed by atoms with van der Waals surface area (Å²) in [5.74, 6) is -7.38. The molecular formula is C27H32F2N10O6. The Bertz CT molecular complexity index is 1640. The number of carbonyl (C=O) groups excluding carboxylic acids is 3. The van der Waals surface area contributed by atoms with Crippen molar-refractivity contribution in [2.45, 2.75) is 55.3 Å². The predicted molar refractivity (Wildman–Crippen MR) is 153 cm³/mol. The zero-order chi connectivity index (χ0) is 32.6. The Morgan fingerprint density at radius 3 is 2.64 bits per heavy atom. The first-order valence-corrected chi connectivity index (χ1v) is 14.0. The molecule has 0 aromatic heterocycles. The molecule has 1 unspecified atom stereocenters. The molecule has 0 radical (unpaired) electrons. The summed E-state index contributed by atoms with van der Waals surface area (Å²) in [5.41, 5.74) is 9.06. The number of amides is 4. The number of nitrogens with zero attached hydrogens (tertiary/aromatic N) is 3. The Labute approximate surface area is 254 Å². The van der Waals surface area contributed by atoms with Crippen molar-refractivity contribution in [1.29, 1.82) is 0 Å². The molecule has 45 heavy (non-hydrogen) atoms. The lowest BCUT2D eigenvalue weighted by Gasteiger charge is -2.49. The summed E-state index contributed by atoms with van der Waals surface area (Å²) in [5, 5.41) is 35.9. The maximum atomic E-state index is 15.1. The average molecular weight is 631 g/mol. The maximum absolute atomic E-state index is 15.1. The number of carbonyl (C=O) groups is 3. The summed E-state index contributed by atoms with van der Waals surface area (Å²) in [4.78, 5) is 48.0. The highest BCUT2D eigenvalue weighted by molar-refractivity contribution is 6.00. The summed E-state index contributed by atoms with van der Waals surface area (Å²) in [7, 11) is 0. The second-order valence-electron chi connectivity index (χ2n) is 12.0. The Kier molecular flexibility index (Phi) is 6.70. The topological polar surface area (TPSA) is 241 Å². The third kappa shape index (κ3) is 4.50. The van der Waals surface area contributed by atoms with Gasteiger partial charge in [0.1, 0.15) is 40.7 Å². The number of rotatable bonds is 5. The molecular weight excluding hydrogens is 598 g/mol. The minimum absolute atomic E-state index is 0.0334. The lowest BCUT2D eigenvalue weighted by Crippen LogP contribution is -2.78. The van der Waals surface area contributed by atoms with Crippen LogP contribution in [0.15, 0.2) is 40.1 Å². The number of aliphatic imine (C=N–C) groups is 2. The van der Waals surface area contributed by atoms with E-state index < -0.39 is 70.0 Å². The highest BCUT2D eigenvalue weighted by Gasteiger charge is 2.73. The van der Waals surface area contributed by atoms with Crippen LogP contribution in [0.2, 0.25) is 0 Å². The zero-order valence-corrected chi connectivity index (χ0v) is 24.2. The molecule has 4 amide bonds. The fraction of sp³-hybridized carbons (Fsp3) is 0.444. The van der Waals surface area contributed by atoms with Gasteiger partial charge in [0.15, 0.2) is 17.6 Å². The van der Waals surface area contributed by atoms with Crippen molar-refractivity contribution < 1.29 is 38.1 Å². The number of fused-ring (bicyclic) bond motifs is 1. The summed E-state index contributed by atoms with van der Waals surface area (Å²) >= 11 is 0. The van der Waals surface area contributed by atoms with E-state index in [1.165, 1.54) is 11.0 Å². The Hall–Kier alpha value is -4.97. The van der Waals surface area contributed by atoms with Crippen LogP contribution in [-0.2, 0) is 10.2 Å². The molecule has 5 aliphatic rings. The number of urea groups is 1. The number of nitrogens with two attached hydrogens (primary N) is 2. The van der Waals surface area contributed by atoms with Gasteiger partial charge in [-0.2, -0.15) is 0 Å². The molecule has 0 saturated carbocycles. The van der Waals surface area contributed by atoms with Gasteiger partial charge in [0.05, 0.1) is 12.6 Å². The minimum atomic E-state index is -2.87. The van der Waals surface area contributed by atoms with E-state index in [0.29, 0.717) is 12.5 Å². The number of ether oxygens (including phenoxy) is 1. The van der Waals surface area contributed by atoms with Crippen LogP contribution >= 0.6 is 0 Å². The van der Waals surface area contributed by atoms with Crippen LogP contribution in [0.25, 0.3) is 0 Å². The maximum Gasteiger partial charge on any atom is 0.323 e. The number of nitrogens with one attached hydrogen (secondary N) is 5. The second kappa shape index (κ2) is 10.0. The third-order valence-electron chi connectivity index (χ3n) is 8.73. The van der Waals surface area contributed by atoms with Crippen molar-refractivity contribution in [1.82, 2.24) is 31.5 Å². The van der Waals surface area contributed by atoms with Gasteiger partial charge in [-0.3, -0.25) is 9.59 Å². The molecule has 6 rings (SSSR count). The van der Waals surface area contributed by atoms with Gasteiger partial charge in [-0.25, -0.2) is 23.6 Å². The number of aliphatic hydroxyl groups is 2. The predicted octanol–water partition coefficient (Wildman–Crippen LogP) is -2.37. The van der Waals surface area contributed by atoms with E-state index in [4.69, 9.17) is 16.2 Å². The first kappa shape index (κ1) is 30.1. The molecule has 1 spiro atoms. The molecule has 240 valence electrons. The molecule has 11 N–H and O–H groups in total. The molecule has 0 bridgehead atoms. The van der Waals surface area contributed by atoms with E-state index in [9.17, 15) is 29.0 Å². The van der Waals surface area contributed by atoms with Gasteiger partial charge in [0.25, 0.3) is 11.8 Å². The van der Waals surface area contributed by atoms with Gasteiger partial charge in [0.2, 0.25) is 5.79 Å². The van der Waals surface area contributed by atoms with Gasteiger partial charge in [-0.15, -0.1) is 0 Å². The average Bonchev–Trinajstić information content (AvgIpc) is 3.39. The fourth-order valence-electron chi connectivity index (χ4n) is 6.56. The Balaban J connectivity index is 1.28. The fourth-order valence-corrected chi connectivity index (χ4v) is 6.56. The monoisotopic (exact) mass is 630 g/mol. The summed E-state index contributed by atoms with van der Waals surface area (Å²) in [6, 6.07) is -3.78. The molecule has 5 aliphatic heterocycles. The molecule has 5 heterocycles. The Morgan fingerprint density at radius 1 is 1.20 bits per heavy atom. The molecule has 1 aromatic carbocycles. The smallest absolute Gasteiger partial charge is 0.323 e. The highest BCUT2D eigenvalue weighted by Crippen LogP contribution is 2.46. The van der Waals surface area contributed by atoms with E-state index in [1.54, 1.807) is 13.8 Å². The number of halogens is 2. The van der Waals surface area contributed by atoms with Crippen molar-refractivity contribution in [3.05, 3.63) is 52.9 Å². The van der Waals surface area contributed by atoms with Crippen LogP contribution < -0.4 is 42.8 Å². The summed E-state index contributed by atoms with van der Waals surface area (Å²) in [6.45, 7) is 6.61. The quantitative estimate of drug-likeness (QED) is 0.157. The van der Waals surface area contributed by atoms with Crippen molar-refractivity contribution in [3.63, 3.8) is 0 Å². The molecule has 16 nitrogen and oxygen atoms in total. The van der Waals surface area contributed by atoms with Gasteiger partial charge in [-0.05, 0) is 17.9 Å². The van der Waals surface area contributed by atoms with Gasteiger partial charge in [0, 0.05) is 30.4 Å². The van der Waals surface area contributed by atoms with E-state index in [2.05, 4.69) is 43.1 Å². The zero-order valence-electron chi connectivity index (χ0n) is 24.2. The van der Waals surface area contributed by atoms with Gasteiger partial charge in [-0.1, -0.05) is 20.4 Å². The first-order valence-electron chi connectivity index (χ1n) is 14.0. The van der Waals surface area contributed by atoms with Crippen LogP contribution in [0.4, 0.5) is 13.6 Å². The van der Waals surface area contributed by atoms with Crippen LogP contribution in [0.5, 0.6) is 5.75 Å². The standard InChI is InChI=1S/C27H32F2N10O6/c1-10-6-13(35-24(42)33-10)20(40)32-8-14-19-26(38-22(30)37-19)27(43,44)15(9-39(26)23(31)34-14)36-21(41)16-11(28)7-12(29)17-18(16)45-5-4-25(17,2)3/h6-7,14-15,19,43-44H,1,4-5,8-9H2,2-3H3,(H2,31,34)(H,32,40)(H,36,41)(H3,30,37,38)(H2,33,35,42)/t14-,15?,19-,26-/m0/s1. The van der Waals surface area contributed by atoms with E-state index in [0.717, 1.165) is 0 Å². The number of guanidine groups is 2. The largest absolute Gasteiger partial charge is 0.492 e. The lowest BCUT2D eigenvalue weighted by atomic mass is 9.78. The van der Waals surface area contributed by atoms with Crippen LogP contribution in [-0.4, -0.2) is 94.1 Å². The molecule has 1 fully saturated rings. The molecule has 0 aliphatic carbocycles. The molecule has 18 heteroatoms. The molecule has 1 aromatic rings. The van der Waals surface area contributed by atoms with E-state index >= 15 is 4.39 Å². The molecule has 1 saturated heterocycles. The van der Waals surface area contributed by atoms with Crippen LogP contribution in [0, 0.1) is 11.6 Å². The van der Waals surface area contributed by atoms with Crippen molar-refractivity contribution >= 4 is 29.8 Å². The lowest BCUT2D eigenvalue weighted by molar-refractivity contribution is -0.230. The summed E-state index contributed by atoms with van der Waals surface area (Å²) < 4.78 is 35.6. The van der Waals surface area contributed by atoms with Crippen molar-refractivity contribution in [3.8, 4) is 5.75 Å². The number of allylic oxidation sites excluding steroid dienone is 1. The normalized spacial score (nSPS) is 28.9. The van der Waals surface area contributed by atoms with E-state index in [-0.39, 0.29) is 54.3 Å². The SMILES string of the molecule is C=C1C=C(C(=O)NC[C@@H]2N=C(N)N3CC(NC(=O)c4c(F)cc(F)c5c4OCCC5(C)C)C(O)(O)[C@@]34NC(N)=N[C@@H]24)NC(=O)N1.